The Labute approximate surface area is 133 Å². The summed E-state index contributed by atoms with van der Waals surface area (Å²) in [5, 5.41) is 0. The Morgan fingerprint density at radius 2 is 1.86 bits per heavy atom. The van der Waals surface area contributed by atoms with E-state index in [4.69, 9.17) is 9.47 Å². The molecule has 3 heteroatoms. The summed E-state index contributed by atoms with van der Waals surface area (Å²) in [7, 11) is 3.32. The van der Waals surface area contributed by atoms with Crippen LogP contribution in [0, 0.1) is 0 Å². The van der Waals surface area contributed by atoms with E-state index < -0.39 is 5.41 Å². The third kappa shape index (κ3) is 2.65. The van der Waals surface area contributed by atoms with Gasteiger partial charge in [-0.2, -0.15) is 0 Å². The minimum Gasteiger partial charge on any atom is -0.501 e. The van der Waals surface area contributed by atoms with Crippen molar-refractivity contribution >= 4 is 5.78 Å². The summed E-state index contributed by atoms with van der Waals surface area (Å²) < 4.78 is 10.9. The van der Waals surface area contributed by atoms with Crippen LogP contribution in [-0.4, -0.2) is 20.0 Å². The lowest BCUT2D eigenvalue weighted by Crippen LogP contribution is -2.37. The van der Waals surface area contributed by atoms with Crippen LogP contribution >= 0.6 is 0 Å². The molecule has 0 saturated carbocycles. The van der Waals surface area contributed by atoms with Crippen LogP contribution < -0.4 is 4.74 Å². The van der Waals surface area contributed by atoms with Crippen molar-refractivity contribution in [2.75, 3.05) is 14.2 Å². The molecular weight excluding hydrogens is 276 g/mol. The maximum atomic E-state index is 12.9. The monoisotopic (exact) mass is 302 g/mol. The summed E-state index contributed by atoms with van der Waals surface area (Å²) in [6, 6.07) is 6.18. The van der Waals surface area contributed by atoms with Gasteiger partial charge in [0.25, 0.3) is 0 Å². The number of ketones is 1. The zero-order valence-electron chi connectivity index (χ0n) is 14.4. The van der Waals surface area contributed by atoms with Gasteiger partial charge in [0.15, 0.2) is 5.78 Å². The molecule has 2 rings (SSSR count). The molecule has 0 N–H and O–H groups in total. The standard InChI is InChI=1S/C19H26O3/c1-12(2)15-8-7-14(11-17(15)22-6)19(4)10-9-16(21-5)13(3)18(19)20/h7-8,11-12H,9-10H2,1-6H3. The summed E-state index contributed by atoms with van der Waals surface area (Å²) in [5.74, 6) is 2.21. The number of ether oxygens (including phenoxy) is 2. The van der Waals surface area contributed by atoms with Crippen LogP contribution in [0.25, 0.3) is 0 Å². The Hall–Kier alpha value is -1.77. The van der Waals surface area contributed by atoms with E-state index in [-0.39, 0.29) is 5.78 Å². The molecule has 0 radical (unpaired) electrons. The van der Waals surface area contributed by atoms with E-state index in [1.54, 1.807) is 14.2 Å². The molecule has 120 valence electrons. The van der Waals surface area contributed by atoms with Crippen LogP contribution in [0.3, 0.4) is 0 Å². The highest BCUT2D eigenvalue weighted by molar-refractivity contribution is 6.04. The van der Waals surface area contributed by atoms with E-state index in [0.29, 0.717) is 5.92 Å². The van der Waals surface area contributed by atoms with Crippen molar-refractivity contribution in [1.82, 2.24) is 0 Å². The summed E-state index contributed by atoms with van der Waals surface area (Å²) in [5.41, 5.74) is 2.42. The molecule has 0 aromatic heterocycles. The fourth-order valence-corrected chi connectivity index (χ4v) is 3.27. The summed E-state index contributed by atoms with van der Waals surface area (Å²) in [4.78, 5) is 12.9. The Bertz CT molecular complexity index is 613. The smallest absolute Gasteiger partial charge is 0.172 e. The number of rotatable bonds is 4. The lowest BCUT2D eigenvalue weighted by molar-refractivity contribution is -0.121. The van der Waals surface area contributed by atoms with Crippen molar-refractivity contribution in [3.63, 3.8) is 0 Å². The molecule has 0 spiro atoms. The topological polar surface area (TPSA) is 35.5 Å². The van der Waals surface area contributed by atoms with Crippen molar-refractivity contribution in [3.05, 3.63) is 40.7 Å². The van der Waals surface area contributed by atoms with Gasteiger partial charge in [-0.05, 0) is 43.4 Å². The highest BCUT2D eigenvalue weighted by Gasteiger charge is 2.40. The van der Waals surface area contributed by atoms with E-state index in [9.17, 15) is 4.79 Å². The molecule has 0 saturated heterocycles. The number of carbonyl (C=O) groups excluding carboxylic acids is 1. The molecule has 0 aliphatic heterocycles. The summed E-state index contributed by atoms with van der Waals surface area (Å²) >= 11 is 0. The van der Waals surface area contributed by atoms with Gasteiger partial charge in [-0.25, -0.2) is 0 Å². The first-order valence-electron chi connectivity index (χ1n) is 7.82. The van der Waals surface area contributed by atoms with Crippen LogP contribution in [0.15, 0.2) is 29.5 Å². The molecule has 1 aliphatic rings. The van der Waals surface area contributed by atoms with Crippen molar-refractivity contribution in [1.29, 1.82) is 0 Å². The van der Waals surface area contributed by atoms with Gasteiger partial charge in [0.2, 0.25) is 0 Å². The van der Waals surface area contributed by atoms with Gasteiger partial charge in [-0.3, -0.25) is 4.79 Å². The normalized spacial score (nSPS) is 22.2. The predicted molar refractivity (Wildman–Crippen MR) is 88.4 cm³/mol. The van der Waals surface area contributed by atoms with Gasteiger partial charge in [0.1, 0.15) is 11.5 Å². The molecule has 22 heavy (non-hydrogen) atoms. The van der Waals surface area contributed by atoms with Gasteiger partial charge in [0, 0.05) is 12.0 Å². The molecular formula is C19H26O3. The van der Waals surface area contributed by atoms with Crippen molar-refractivity contribution in [2.45, 2.75) is 51.9 Å². The van der Waals surface area contributed by atoms with Crippen LogP contribution in [0.1, 0.15) is 57.6 Å². The summed E-state index contributed by atoms with van der Waals surface area (Å²) in [6.45, 7) is 8.17. The fourth-order valence-electron chi connectivity index (χ4n) is 3.27. The zero-order valence-corrected chi connectivity index (χ0v) is 14.4. The van der Waals surface area contributed by atoms with Gasteiger partial charge in [0.05, 0.1) is 19.6 Å². The third-order valence-electron chi connectivity index (χ3n) is 4.85. The van der Waals surface area contributed by atoms with E-state index in [2.05, 4.69) is 26.0 Å². The molecule has 1 atom stereocenters. The maximum absolute atomic E-state index is 12.9. The molecule has 1 aliphatic carbocycles. The molecule has 1 unspecified atom stereocenters. The fraction of sp³-hybridized carbons (Fsp3) is 0.526. The SMILES string of the molecule is COC1=C(C)C(=O)C(C)(c2ccc(C(C)C)c(OC)c2)CC1. The van der Waals surface area contributed by atoms with E-state index in [1.807, 2.05) is 19.9 Å². The molecule has 3 nitrogen and oxygen atoms in total. The first-order valence-corrected chi connectivity index (χ1v) is 7.82. The number of benzene rings is 1. The van der Waals surface area contributed by atoms with Crippen LogP contribution in [0.5, 0.6) is 5.75 Å². The first kappa shape index (κ1) is 16.6. The van der Waals surface area contributed by atoms with Crippen LogP contribution in [-0.2, 0) is 14.9 Å². The van der Waals surface area contributed by atoms with Crippen LogP contribution in [0.2, 0.25) is 0 Å². The quantitative estimate of drug-likeness (QED) is 0.829. The Morgan fingerprint density at radius 3 is 2.41 bits per heavy atom. The average Bonchev–Trinajstić information content (AvgIpc) is 2.52. The third-order valence-corrected chi connectivity index (χ3v) is 4.85. The van der Waals surface area contributed by atoms with Gasteiger partial charge < -0.3 is 9.47 Å². The number of hydrogen-bond acceptors (Lipinski definition) is 3. The van der Waals surface area contributed by atoms with E-state index in [1.165, 1.54) is 5.56 Å². The number of allylic oxidation sites excluding steroid dienone is 2. The van der Waals surface area contributed by atoms with E-state index in [0.717, 1.165) is 35.5 Å². The zero-order chi connectivity index (χ0) is 16.5. The van der Waals surface area contributed by atoms with Crippen molar-refractivity contribution in [3.8, 4) is 5.75 Å². The van der Waals surface area contributed by atoms with Crippen molar-refractivity contribution in [2.24, 2.45) is 0 Å². The Balaban J connectivity index is 2.48. The van der Waals surface area contributed by atoms with Crippen LogP contribution in [0.4, 0.5) is 0 Å². The highest BCUT2D eigenvalue weighted by atomic mass is 16.5. The second-order valence-electron chi connectivity index (χ2n) is 6.52. The number of methoxy groups -OCH3 is 2. The second kappa shape index (κ2) is 6.15. The highest BCUT2D eigenvalue weighted by Crippen LogP contribution is 2.41. The maximum Gasteiger partial charge on any atom is 0.172 e. The molecule has 0 amide bonds. The Morgan fingerprint density at radius 1 is 1.18 bits per heavy atom. The molecule has 1 aromatic carbocycles. The first-order chi connectivity index (χ1) is 10.3. The minimum atomic E-state index is -0.505. The second-order valence-corrected chi connectivity index (χ2v) is 6.52. The average molecular weight is 302 g/mol. The largest absolute Gasteiger partial charge is 0.501 e. The van der Waals surface area contributed by atoms with E-state index >= 15 is 0 Å². The lowest BCUT2D eigenvalue weighted by atomic mass is 9.69. The molecule has 0 heterocycles. The minimum absolute atomic E-state index is 0.148. The molecule has 1 aromatic rings. The molecule has 0 fully saturated rings. The Kier molecular flexibility index (Phi) is 4.64. The number of Topliss-reactive ketones (excluding diaryl/α,β-unsaturated/α-hetero) is 1. The van der Waals surface area contributed by atoms with Gasteiger partial charge in [-0.15, -0.1) is 0 Å². The summed E-state index contributed by atoms with van der Waals surface area (Å²) in [6.07, 6.45) is 1.55. The van der Waals surface area contributed by atoms with Crippen molar-refractivity contribution < 1.29 is 14.3 Å². The van der Waals surface area contributed by atoms with Gasteiger partial charge >= 0.3 is 0 Å². The number of hydrogen-bond donors (Lipinski definition) is 0. The molecule has 0 bridgehead atoms. The van der Waals surface area contributed by atoms with Gasteiger partial charge in [-0.1, -0.05) is 26.0 Å². The lowest BCUT2D eigenvalue weighted by Gasteiger charge is -2.34. The predicted octanol–water partition coefficient (Wildman–Crippen LogP) is 4.36. The number of carbonyl (C=O) groups is 1.